The van der Waals surface area contributed by atoms with Crippen LogP contribution >= 0.6 is 0 Å². The van der Waals surface area contributed by atoms with Gasteiger partial charge in [0.15, 0.2) is 0 Å². The highest BCUT2D eigenvalue weighted by molar-refractivity contribution is 5.31. The first-order valence-electron chi connectivity index (χ1n) is 10.3. The summed E-state index contributed by atoms with van der Waals surface area (Å²) in [5.74, 6) is 0.501. The van der Waals surface area contributed by atoms with Crippen LogP contribution < -0.4 is 20.6 Å². The highest BCUT2D eigenvalue weighted by atomic mass is 19.4. The number of aryl methyl sites for hydroxylation is 1. The van der Waals surface area contributed by atoms with E-state index in [-0.39, 0.29) is 17.7 Å². The van der Waals surface area contributed by atoms with E-state index in [2.05, 4.69) is 25.4 Å². The molecule has 9 nitrogen and oxygen atoms in total. The van der Waals surface area contributed by atoms with Crippen LogP contribution in [0.3, 0.4) is 0 Å². The molecule has 1 aliphatic carbocycles. The summed E-state index contributed by atoms with van der Waals surface area (Å²) in [6.45, 7) is 2.72. The van der Waals surface area contributed by atoms with Crippen molar-refractivity contribution in [3.8, 4) is 5.88 Å². The number of piperazine rings is 1. The number of nitrogens with zero attached hydrogens (tertiary/aromatic N) is 6. The highest BCUT2D eigenvalue weighted by Gasteiger charge is 2.33. The fourth-order valence-corrected chi connectivity index (χ4v) is 3.31. The predicted molar refractivity (Wildman–Crippen MR) is 107 cm³/mol. The van der Waals surface area contributed by atoms with Gasteiger partial charge in [0.1, 0.15) is 18.0 Å². The van der Waals surface area contributed by atoms with E-state index >= 15 is 0 Å². The first kappa shape index (κ1) is 22.9. The average molecular weight is 441 g/mol. The Balaban J connectivity index is 0.000000176. The molecule has 0 bridgehead atoms. The molecule has 0 unspecified atom stereocenters. The maximum Gasteiger partial charge on any atom is 0.433 e. The maximum absolute atomic E-state index is 12.4. The number of alkyl halides is 3. The zero-order valence-electron chi connectivity index (χ0n) is 17.3. The molecule has 1 saturated carbocycles. The highest BCUT2D eigenvalue weighted by Crippen LogP contribution is 2.28. The van der Waals surface area contributed by atoms with Gasteiger partial charge in [-0.25, -0.2) is 19.4 Å². The Kier molecular flexibility index (Phi) is 7.77. The summed E-state index contributed by atoms with van der Waals surface area (Å²) in [5, 5.41) is 6.97. The summed E-state index contributed by atoms with van der Waals surface area (Å²) in [5.41, 5.74) is -1.26. The molecule has 0 amide bonds. The van der Waals surface area contributed by atoms with Crippen LogP contribution in [0.25, 0.3) is 0 Å². The van der Waals surface area contributed by atoms with Crippen LogP contribution in [-0.4, -0.2) is 57.0 Å². The minimum absolute atomic E-state index is 0.149. The molecule has 12 heteroatoms. The van der Waals surface area contributed by atoms with Crippen molar-refractivity contribution in [2.45, 2.75) is 44.4 Å². The van der Waals surface area contributed by atoms with Gasteiger partial charge in [-0.2, -0.15) is 23.3 Å². The third kappa shape index (κ3) is 6.88. The van der Waals surface area contributed by atoms with Crippen LogP contribution in [0, 0.1) is 0 Å². The second-order valence-corrected chi connectivity index (χ2v) is 7.36. The lowest BCUT2D eigenvalue weighted by molar-refractivity contribution is -0.141. The van der Waals surface area contributed by atoms with Gasteiger partial charge in [-0.15, -0.1) is 0 Å². The number of hydrogen-bond acceptors (Lipinski definition) is 8. The molecule has 0 atom stereocenters. The third-order valence-corrected chi connectivity index (χ3v) is 5.00. The predicted octanol–water partition coefficient (Wildman–Crippen LogP) is 1.79. The van der Waals surface area contributed by atoms with Crippen molar-refractivity contribution in [1.82, 2.24) is 30.0 Å². The van der Waals surface area contributed by atoms with E-state index in [4.69, 9.17) is 4.74 Å². The van der Waals surface area contributed by atoms with Gasteiger partial charge in [0.05, 0.1) is 0 Å². The van der Waals surface area contributed by atoms with Gasteiger partial charge < -0.3 is 15.0 Å². The van der Waals surface area contributed by atoms with Crippen molar-refractivity contribution in [2.24, 2.45) is 7.05 Å². The molecule has 0 aromatic carbocycles. The summed E-state index contributed by atoms with van der Waals surface area (Å²) in [6, 6.07) is 0.881. The SMILES string of the molecule is Cn1ncc(OC2CCCCC2)nc1=O.FC(F)(F)c1ccnc(N2CCNCC2)n1. The molecular formula is C19H26F3N7O2. The zero-order chi connectivity index (χ0) is 22.3. The number of halogens is 3. The first-order chi connectivity index (χ1) is 14.8. The largest absolute Gasteiger partial charge is 0.473 e. The normalized spacial score (nSPS) is 17.6. The van der Waals surface area contributed by atoms with Gasteiger partial charge in [-0.05, 0) is 31.7 Å². The quantitative estimate of drug-likeness (QED) is 0.770. The number of nitrogens with one attached hydrogen (secondary N) is 1. The van der Waals surface area contributed by atoms with Crippen LogP contribution in [0.1, 0.15) is 37.8 Å². The maximum atomic E-state index is 12.4. The molecule has 31 heavy (non-hydrogen) atoms. The number of hydrogen-bond donors (Lipinski definition) is 1. The van der Waals surface area contributed by atoms with Crippen LogP contribution in [0.4, 0.5) is 19.1 Å². The molecule has 1 aliphatic heterocycles. The number of ether oxygens (including phenoxy) is 1. The van der Waals surface area contributed by atoms with Gasteiger partial charge >= 0.3 is 11.9 Å². The van der Waals surface area contributed by atoms with Crippen molar-refractivity contribution in [3.63, 3.8) is 0 Å². The summed E-state index contributed by atoms with van der Waals surface area (Å²) < 4.78 is 44.0. The van der Waals surface area contributed by atoms with Crippen molar-refractivity contribution in [1.29, 1.82) is 0 Å². The van der Waals surface area contributed by atoms with E-state index in [1.807, 2.05) is 0 Å². The molecule has 1 saturated heterocycles. The minimum atomic E-state index is -4.41. The van der Waals surface area contributed by atoms with E-state index in [1.54, 1.807) is 11.9 Å². The van der Waals surface area contributed by atoms with Crippen molar-refractivity contribution in [2.75, 3.05) is 31.1 Å². The molecule has 1 N–H and O–H groups in total. The fourth-order valence-electron chi connectivity index (χ4n) is 3.31. The smallest absolute Gasteiger partial charge is 0.433 e. The zero-order valence-corrected chi connectivity index (χ0v) is 17.3. The molecule has 2 aromatic rings. The van der Waals surface area contributed by atoms with Crippen molar-refractivity contribution < 1.29 is 17.9 Å². The Hall–Kier alpha value is -2.76. The summed E-state index contributed by atoms with van der Waals surface area (Å²) >= 11 is 0. The van der Waals surface area contributed by atoms with Crippen LogP contribution in [0.2, 0.25) is 0 Å². The molecule has 0 radical (unpaired) electrons. The van der Waals surface area contributed by atoms with E-state index in [9.17, 15) is 18.0 Å². The lowest BCUT2D eigenvalue weighted by atomic mass is 9.98. The number of aromatic nitrogens is 5. The van der Waals surface area contributed by atoms with Crippen molar-refractivity contribution >= 4 is 5.95 Å². The van der Waals surface area contributed by atoms with Crippen molar-refractivity contribution in [3.05, 3.63) is 34.6 Å². The Morgan fingerprint density at radius 3 is 2.48 bits per heavy atom. The Morgan fingerprint density at radius 1 is 1.13 bits per heavy atom. The Labute approximate surface area is 177 Å². The van der Waals surface area contributed by atoms with Crippen LogP contribution in [0.15, 0.2) is 23.3 Å². The first-order valence-corrected chi connectivity index (χ1v) is 10.3. The summed E-state index contributed by atoms with van der Waals surface area (Å²) in [6.07, 6.45) is 4.22. The standard InChI is InChI=1S/C10H15N3O2.C9H11F3N4/c1-13-10(14)12-9(7-11-13)15-8-5-3-2-4-6-8;10-9(11,12)7-1-2-14-8(15-7)16-5-3-13-4-6-16/h7-8H,2-6H2,1H3;1-2,13H,3-6H2. The van der Waals surface area contributed by atoms with Gasteiger partial charge in [0, 0.05) is 39.4 Å². The Bertz CT molecular complexity index is 895. The van der Waals surface area contributed by atoms with E-state index in [0.717, 1.165) is 38.2 Å². The summed E-state index contributed by atoms with van der Waals surface area (Å²) in [4.78, 5) is 24.1. The monoisotopic (exact) mass is 441 g/mol. The average Bonchev–Trinajstić information content (AvgIpc) is 2.78. The second-order valence-electron chi connectivity index (χ2n) is 7.36. The minimum Gasteiger partial charge on any atom is -0.473 e. The van der Waals surface area contributed by atoms with Crippen LogP contribution in [-0.2, 0) is 13.2 Å². The molecular weight excluding hydrogens is 415 g/mol. The molecule has 2 aliphatic rings. The molecule has 170 valence electrons. The Morgan fingerprint density at radius 2 is 1.84 bits per heavy atom. The topological polar surface area (TPSA) is 98.1 Å². The molecule has 2 fully saturated rings. The van der Waals surface area contributed by atoms with Gasteiger partial charge in [-0.3, -0.25) is 0 Å². The second kappa shape index (κ2) is 10.5. The van der Waals surface area contributed by atoms with Gasteiger partial charge in [0.2, 0.25) is 11.8 Å². The summed E-state index contributed by atoms with van der Waals surface area (Å²) in [7, 11) is 1.57. The lowest BCUT2D eigenvalue weighted by Gasteiger charge is -2.27. The number of rotatable bonds is 3. The lowest BCUT2D eigenvalue weighted by Crippen LogP contribution is -2.44. The molecule has 0 spiro atoms. The molecule has 4 rings (SSSR count). The fraction of sp³-hybridized carbons (Fsp3) is 0.632. The van der Waals surface area contributed by atoms with Gasteiger partial charge in [0.25, 0.3) is 0 Å². The molecule has 2 aromatic heterocycles. The third-order valence-electron chi connectivity index (χ3n) is 5.00. The van der Waals surface area contributed by atoms with Gasteiger partial charge in [-0.1, -0.05) is 6.42 Å². The van der Waals surface area contributed by atoms with E-state index < -0.39 is 11.9 Å². The molecule has 3 heterocycles. The van der Waals surface area contributed by atoms with Crippen LogP contribution in [0.5, 0.6) is 5.88 Å². The van der Waals surface area contributed by atoms with E-state index in [1.165, 1.54) is 30.1 Å². The number of anilines is 1. The van der Waals surface area contributed by atoms with E-state index in [0.29, 0.717) is 19.0 Å².